The molecule has 2 aromatic rings. The standard InChI is InChI=1S/C23H19FN2O3S/c1-3-7-16-13-15(10-11-20(16)29-12-4-2)14-17-21(27)25-23(30)26(22(17)28)19-9-6-5-8-18(19)24/h3-6,8-11,13-14H,1-2,7,12H2,(H,25,27,30)/b17-14+. The van der Waals surface area contributed by atoms with Crippen molar-refractivity contribution in [3.63, 3.8) is 0 Å². The Bertz CT molecular complexity index is 1080. The van der Waals surface area contributed by atoms with E-state index in [1.165, 1.54) is 24.3 Å². The van der Waals surface area contributed by atoms with Crippen LogP contribution in [0.2, 0.25) is 0 Å². The largest absolute Gasteiger partial charge is 0.489 e. The maximum Gasteiger partial charge on any atom is 0.270 e. The van der Waals surface area contributed by atoms with Crippen LogP contribution < -0.4 is 15.0 Å². The van der Waals surface area contributed by atoms with Crippen LogP contribution in [0.1, 0.15) is 11.1 Å². The molecule has 7 heteroatoms. The van der Waals surface area contributed by atoms with Gasteiger partial charge < -0.3 is 4.74 Å². The molecule has 0 unspecified atom stereocenters. The second-order valence-electron chi connectivity index (χ2n) is 6.37. The van der Waals surface area contributed by atoms with Gasteiger partial charge in [-0.2, -0.15) is 0 Å². The first-order valence-corrected chi connectivity index (χ1v) is 9.50. The van der Waals surface area contributed by atoms with Gasteiger partial charge in [0.1, 0.15) is 23.7 Å². The molecule has 0 radical (unpaired) electrons. The van der Waals surface area contributed by atoms with Crippen LogP contribution in [0.3, 0.4) is 0 Å². The first-order chi connectivity index (χ1) is 14.5. The smallest absolute Gasteiger partial charge is 0.270 e. The molecule has 152 valence electrons. The van der Waals surface area contributed by atoms with E-state index in [4.69, 9.17) is 17.0 Å². The number of rotatable bonds is 7. The number of carbonyl (C=O) groups excluding carboxylic acids is 2. The Kier molecular flexibility index (Phi) is 6.54. The lowest BCUT2D eigenvalue weighted by Crippen LogP contribution is -2.54. The average molecular weight is 422 g/mol. The minimum atomic E-state index is -0.703. The summed E-state index contributed by atoms with van der Waals surface area (Å²) in [6, 6.07) is 11.0. The SMILES string of the molecule is C=CCOc1ccc(/C=C2\C(=O)NC(=S)N(c3ccccc3F)C2=O)cc1CC=C. The molecular formula is C23H19FN2O3S. The second-order valence-corrected chi connectivity index (χ2v) is 6.76. The number of ether oxygens (including phenoxy) is 1. The molecule has 0 atom stereocenters. The van der Waals surface area contributed by atoms with E-state index in [1.54, 1.807) is 36.4 Å². The predicted molar refractivity (Wildman–Crippen MR) is 119 cm³/mol. The molecule has 3 rings (SSSR count). The summed E-state index contributed by atoms with van der Waals surface area (Å²) in [5.41, 5.74) is 1.26. The summed E-state index contributed by atoms with van der Waals surface area (Å²) in [6.07, 6.45) is 5.34. The van der Waals surface area contributed by atoms with Gasteiger partial charge >= 0.3 is 0 Å². The van der Waals surface area contributed by atoms with Crippen molar-refractivity contribution in [1.29, 1.82) is 0 Å². The molecule has 2 amide bonds. The van der Waals surface area contributed by atoms with Gasteiger partial charge in [-0.15, -0.1) is 6.58 Å². The van der Waals surface area contributed by atoms with Crippen LogP contribution in [0.15, 0.2) is 73.3 Å². The lowest BCUT2D eigenvalue weighted by atomic mass is 10.0. The highest BCUT2D eigenvalue weighted by atomic mass is 32.1. The number of benzene rings is 2. The summed E-state index contributed by atoms with van der Waals surface area (Å²) in [4.78, 5) is 26.4. The molecule has 2 aromatic carbocycles. The van der Waals surface area contributed by atoms with Crippen molar-refractivity contribution in [2.24, 2.45) is 0 Å². The van der Waals surface area contributed by atoms with E-state index < -0.39 is 17.6 Å². The number of anilines is 1. The third kappa shape index (κ3) is 4.36. The van der Waals surface area contributed by atoms with E-state index in [-0.39, 0.29) is 16.4 Å². The Hall–Kier alpha value is -3.58. The van der Waals surface area contributed by atoms with E-state index >= 15 is 0 Å². The molecule has 1 heterocycles. The molecular weight excluding hydrogens is 403 g/mol. The van der Waals surface area contributed by atoms with Gasteiger partial charge in [-0.3, -0.25) is 14.9 Å². The van der Waals surface area contributed by atoms with Crippen molar-refractivity contribution in [1.82, 2.24) is 5.32 Å². The zero-order valence-electron chi connectivity index (χ0n) is 16.1. The first-order valence-electron chi connectivity index (χ1n) is 9.09. The number of allylic oxidation sites excluding steroid dienone is 1. The van der Waals surface area contributed by atoms with Crippen LogP contribution >= 0.6 is 12.2 Å². The van der Waals surface area contributed by atoms with Crippen molar-refractivity contribution < 1.29 is 18.7 Å². The number of nitrogens with one attached hydrogen (secondary N) is 1. The molecule has 1 N–H and O–H groups in total. The molecule has 0 saturated carbocycles. The Morgan fingerprint density at radius 3 is 2.60 bits per heavy atom. The van der Waals surface area contributed by atoms with Crippen molar-refractivity contribution >= 4 is 40.9 Å². The fraction of sp³-hybridized carbons (Fsp3) is 0.0870. The Morgan fingerprint density at radius 2 is 1.90 bits per heavy atom. The third-order valence-electron chi connectivity index (χ3n) is 4.31. The minimum absolute atomic E-state index is 0.0288. The van der Waals surface area contributed by atoms with Crippen LogP contribution in [0.25, 0.3) is 6.08 Å². The van der Waals surface area contributed by atoms with Crippen molar-refractivity contribution in [2.45, 2.75) is 6.42 Å². The maximum absolute atomic E-state index is 14.2. The monoisotopic (exact) mass is 422 g/mol. The maximum atomic E-state index is 14.2. The molecule has 1 fully saturated rings. The lowest BCUT2D eigenvalue weighted by molar-refractivity contribution is -0.122. The number of amides is 2. The molecule has 1 saturated heterocycles. The summed E-state index contributed by atoms with van der Waals surface area (Å²) in [5, 5.41) is 2.27. The number of hydrogen-bond acceptors (Lipinski definition) is 4. The molecule has 0 spiro atoms. The van der Waals surface area contributed by atoms with Crippen LogP contribution in [-0.4, -0.2) is 23.5 Å². The number of carbonyl (C=O) groups is 2. The van der Waals surface area contributed by atoms with Crippen molar-refractivity contribution in [3.05, 3.63) is 90.3 Å². The Labute approximate surface area is 179 Å². The number of halogens is 1. The molecule has 1 aliphatic rings. The highest BCUT2D eigenvalue weighted by Gasteiger charge is 2.35. The Morgan fingerprint density at radius 1 is 1.13 bits per heavy atom. The van der Waals surface area contributed by atoms with Gasteiger partial charge in [0, 0.05) is 0 Å². The first kappa shape index (κ1) is 21.1. The zero-order chi connectivity index (χ0) is 21.7. The van der Waals surface area contributed by atoms with Gasteiger partial charge in [-0.05, 0) is 60.1 Å². The zero-order valence-corrected chi connectivity index (χ0v) is 16.9. The van der Waals surface area contributed by atoms with Gasteiger partial charge in [0.05, 0.1) is 5.69 Å². The van der Waals surface area contributed by atoms with E-state index in [9.17, 15) is 14.0 Å². The number of nitrogens with zero attached hydrogens (tertiary/aromatic N) is 1. The number of hydrogen-bond donors (Lipinski definition) is 1. The third-order valence-corrected chi connectivity index (χ3v) is 4.60. The fourth-order valence-corrected chi connectivity index (χ4v) is 3.24. The van der Waals surface area contributed by atoms with Gasteiger partial charge in [-0.1, -0.05) is 36.9 Å². The average Bonchev–Trinajstić information content (AvgIpc) is 2.72. The van der Waals surface area contributed by atoms with Crippen LogP contribution in [-0.2, 0) is 16.0 Å². The van der Waals surface area contributed by atoms with Crippen LogP contribution in [0, 0.1) is 5.82 Å². The number of para-hydroxylation sites is 1. The highest BCUT2D eigenvalue weighted by Crippen LogP contribution is 2.26. The van der Waals surface area contributed by atoms with Crippen molar-refractivity contribution in [2.75, 3.05) is 11.5 Å². The minimum Gasteiger partial charge on any atom is -0.489 e. The molecule has 0 bridgehead atoms. The quantitative estimate of drug-likeness (QED) is 0.318. The van der Waals surface area contributed by atoms with Gasteiger partial charge in [0.2, 0.25) is 0 Å². The molecule has 1 aliphatic heterocycles. The number of thiocarbonyl (C=S) groups is 1. The summed E-state index contributed by atoms with van der Waals surface area (Å²) < 4.78 is 19.9. The van der Waals surface area contributed by atoms with Gasteiger partial charge in [0.15, 0.2) is 5.11 Å². The van der Waals surface area contributed by atoms with Gasteiger partial charge in [-0.25, -0.2) is 9.29 Å². The summed E-state index contributed by atoms with van der Waals surface area (Å²) in [7, 11) is 0. The highest BCUT2D eigenvalue weighted by molar-refractivity contribution is 7.80. The molecule has 0 aromatic heterocycles. The van der Waals surface area contributed by atoms with E-state index in [1.807, 2.05) is 0 Å². The molecule has 30 heavy (non-hydrogen) atoms. The fourth-order valence-electron chi connectivity index (χ4n) is 2.97. The van der Waals surface area contributed by atoms with Gasteiger partial charge in [0.25, 0.3) is 11.8 Å². The van der Waals surface area contributed by atoms with E-state index in [2.05, 4.69) is 18.5 Å². The molecule has 5 nitrogen and oxygen atoms in total. The normalized spacial score (nSPS) is 15.2. The van der Waals surface area contributed by atoms with Crippen LogP contribution in [0.4, 0.5) is 10.1 Å². The van der Waals surface area contributed by atoms with E-state index in [0.29, 0.717) is 24.3 Å². The van der Waals surface area contributed by atoms with Crippen LogP contribution in [0.5, 0.6) is 5.75 Å². The summed E-state index contributed by atoms with van der Waals surface area (Å²) in [5.74, 6) is -1.31. The summed E-state index contributed by atoms with van der Waals surface area (Å²) in [6.45, 7) is 7.72. The Balaban J connectivity index is 2.00. The topological polar surface area (TPSA) is 58.6 Å². The lowest BCUT2D eigenvalue weighted by Gasteiger charge is -2.29. The van der Waals surface area contributed by atoms with Crippen molar-refractivity contribution in [3.8, 4) is 5.75 Å². The second kappa shape index (κ2) is 9.28. The van der Waals surface area contributed by atoms with E-state index in [0.717, 1.165) is 10.5 Å². The predicted octanol–water partition coefficient (Wildman–Crippen LogP) is 3.95. The summed E-state index contributed by atoms with van der Waals surface area (Å²) >= 11 is 5.10. The molecule has 0 aliphatic carbocycles.